The fraction of sp³-hybridized carbons (Fsp3) is 0.0588. The fourth-order valence-electron chi connectivity index (χ4n) is 2.20. The number of nitrogens with zero attached hydrogens (tertiary/aromatic N) is 3. The van der Waals surface area contributed by atoms with Gasteiger partial charge < -0.3 is 10.1 Å². The molecule has 0 fully saturated rings. The molecule has 0 spiro atoms. The highest BCUT2D eigenvalue weighted by Gasteiger charge is 2.13. The maximum absolute atomic E-state index is 12.6. The van der Waals surface area contributed by atoms with E-state index < -0.39 is 11.5 Å². The minimum Gasteiger partial charge on any atom is -0.495 e. The zero-order chi connectivity index (χ0) is 16.9. The number of rotatable bonds is 4. The normalized spacial score (nSPS) is 10.2. The van der Waals surface area contributed by atoms with Crippen molar-refractivity contribution in [3.63, 3.8) is 0 Å². The Labute approximate surface area is 137 Å². The van der Waals surface area contributed by atoms with Crippen LogP contribution in [0, 0.1) is 0 Å². The zero-order valence-electron chi connectivity index (χ0n) is 12.8. The van der Waals surface area contributed by atoms with Crippen LogP contribution < -0.4 is 15.6 Å². The van der Waals surface area contributed by atoms with E-state index in [1.165, 1.54) is 36.5 Å². The van der Waals surface area contributed by atoms with E-state index in [1.807, 2.05) is 0 Å². The van der Waals surface area contributed by atoms with Gasteiger partial charge in [0.1, 0.15) is 5.75 Å². The van der Waals surface area contributed by atoms with Crippen molar-refractivity contribution >= 4 is 11.7 Å². The Morgan fingerprint density at radius 1 is 1.12 bits per heavy atom. The lowest BCUT2D eigenvalue weighted by molar-refractivity contribution is 0.102. The molecule has 0 saturated heterocycles. The first-order valence-corrected chi connectivity index (χ1v) is 7.13. The molecule has 24 heavy (non-hydrogen) atoms. The van der Waals surface area contributed by atoms with Gasteiger partial charge in [0.2, 0.25) is 0 Å². The molecule has 7 nitrogen and oxygen atoms in total. The topological polar surface area (TPSA) is 86.1 Å². The minimum absolute atomic E-state index is 0.0646. The second-order valence-corrected chi connectivity index (χ2v) is 4.81. The van der Waals surface area contributed by atoms with Crippen molar-refractivity contribution in [2.75, 3.05) is 12.4 Å². The first-order valence-electron chi connectivity index (χ1n) is 7.13. The molecule has 1 aromatic carbocycles. The summed E-state index contributed by atoms with van der Waals surface area (Å²) in [5.74, 6) is 0.0437. The van der Waals surface area contributed by atoms with Crippen LogP contribution in [0.2, 0.25) is 0 Å². The number of hydrogen-bond acceptors (Lipinski definition) is 5. The monoisotopic (exact) mass is 322 g/mol. The quantitative estimate of drug-likeness (QED) is 0.792. The summed E-state index contributed by atoms with van der Waals surface area (Å²) in [5, 5.41) is 2.52. The molecule has 1 N–H and O–H groups in total. The lowest BCUT2D eigenvalue weighted by Gasteiger charge is -2.11. The highest BCUT2D eigenvalue weighted by molar-refractivity contribution is 6.03. The zero-order valence-corrected chi connectivity index (χ0v) is 12.8. The predicted octanol–water partition coefficient (Wildman–Crippen LogP) is 1.89. The number of pyridine rings is 1. The first-order chi connectivity index (χ1) is 11.7. The van der Waals surface area contributed by atoms with E-state index in [2.05, 4.69) is 15.3 Å². The van der Waals surface area contributed by atoms with Crippen LogP contribution in [0.25, 0.3) is 5.69 Å². The molecule has 0 aliphatic rings. The van der Waals surface area contributed by atoms with Gasteiger partial charge in [0.05, 0.1) is 12.8 Å². The van der Waals surface area contributed by atoms with E-state index in [-0.39, 0.29) is 5.82 Å². The summed E-state index contributed by atoms with van der Waals surface area (Å²) < 4.78 is 6.64. The summed E-state index contributed by atoms with van der Waals surface area (Å²) in [4.78, 5) is 32.6. The summed E-state index contributed by atoms with van der Waals surface area (Å²) in [5.41, 5.74) is 0.495. The molecule has 0 atom stereocenters. The summed E-state index contributed by atoms with van der Waals surface area (Å²) in [6.07, 6.45) is 5.96. The summed E-state index contributed by atoms with van der Waals surface area (Å²) in [7, 11) is 1.52. The van der Waals surface area contributed by atoms with E-state index in [0.717, 1.165) is 0 Å². The van der Waals surface area contributed by atoms with Crippen molar-refractivity contribution < 1.29 is 9.53 Å². The lowest BCUT2D eigenvalue weighted by Crippen LogP contribution is -2.26. The van der Waals surface area contributed by atoms with Crippen LogP contribution in [0.4, 0.5) is 5.82 Å². The maximum atomic E-state index is 12.6. The van der Waals surface area contributed by atoms with Gasteiger partial charge in [-0.2, -0.15) is 0 Å². The lowest BCUT2D eigenvalue weighted by atomic mass is 10.2. The number of aromatic nitrogens is 3. The van der Waals surface area contributed by atoms with Gasteiger partial charge in [-0.3, -0.25) is 19.1 Å². The summed E-state index contributed by atoms with van der Waals surface area (Å²) in [6.45, 7) is 0. The molecule has 7 heteroatoms. The van der Waals surface area contributed by atoms with Gasteiger partial charge in [0.25, 0.3) is 11.5 Å². The standard InChI is InChI=1S/C17H14N4O3/c1-24-14-5-3-2-4-13(14)21-11-10-19-15(17(21)23)20-16(22)12-6-8-18-9-7-12/h2-11H,1H3,(H,19,20,22). The molecular formula is C17H14N4O3. The van der Waals surface area contributed by atoms with Gasteiger partial charge >= 0.3 is 0 Å². The Morgan fingerprint density at radius 3 is 2.62 bits per heavy atom. The SMILES string of the molecule is COc1ccccc1-n1ccnc(NC(=O)c2ccncc2)c1=O. The van der Waals surface area contributed by atoms with Crippen molar-refractivity contribution in [2.45, 2.75) is 0 Å². The molecule has 2 aromatic heterocycles. The predicted molar refractivity (Wildman–Crippen MR) is 88.6 cm³/mol. The molecule has 0 bridgehead atoms. The number of hydrogen-bond donors (Lipinski definition) is 1. The number of methoxy groups -OCH3 is 1. The molecule has 0 saturated carbocycles. The van der Waals surface area contributed by atoms with Gasteiger partial charge in [0.15, 0.2) is 5.82 Å². The van der Waals surface area contributed by atoms with Crippen molar-refractivity contribution in [3.05, 3.63) is 77.1 Å². The van der Waals surface area contributed by atoms with E-state index >= 15 is 0 Å². The van der Waals surface area contributed by atoms with E-state index in [0.29, 0.717) is 17.0 Å². The molecule has 1 amide bonds. The smallest absolute Gasteiger partial charge is 0.298 e. The molecule has 0 unspecified atom stereocenters. The van der Waals surface area contributed by atoms with Crippen LogP contribution >= 0.6 is 0 Å². The average Bonchev–Trinajstić information content (AvgIpc) is 2.64. The third kappa shape index (κ3) is 3.00. The van der Waals surface area contributed by atoms with Gasteiger partial charge in [-0.15, -0.1) is 0 Å². The molecule has 2 heterocycles. The molecule has 0 aliphatic heterocycles. The van der Waals surface area contributed by atoms with Crippen molar-refractivity contribution in [3.8, 4) is 11.4 Å². The number of amides is 1. The molecule has 0 radical (unpaired) electrons. The van der Waals surface area contributed by atoms with Crippen LogP contribution in [0.5, 0.6) is 5.75 Å². The number of para-hydroxylation sites is 2. The Balaban J connectivity index is 1.97. The molecule has 0 aliphatic carbocycles. The van der Waals surface area contributed by atoms with Crippen molar-refractivity contribution in [1.29, 1.82) is 0 Å². The van der Waals surface area contributed by atoms with Crippen molar-refractivity contribution in [1.82, 2.24) is 14.5 Å². The maximum Gasteiger partial charge on any atom is 0.298 e. The molecular weight excluding hydrogens is 308 g/mol. The number of anilines is 1. The first kappa shape index (κ1) is 15.4. The number of carbonyl (C=O) groups is 1. The largest absolute Gasteiger partial charge is 0.495 e. The van der Waals surface area contributed by atoms with Crippen LogP contribution in [0.15, 0.2) is 66.0 Å². The summed E-state index contributed by atoms with van der Waals surface area (Å²) >= 11 is 0. The van der Waals surface area contributed by atoms with E-state index in [9.17, 15) is 9.59 Å². The molecule has 120 valence electrons. The molecule has 3 rings (SSSR count). The Morgan fingerprint density at radius 2 is 1.88 bits per heavy atom. The van der Waals surface area contributed by atoms with E-state index in [4.69, 9.17) is 4.74 Å². The van der Waals surface area contributed by atoms with Crippen molar-refractivity contribution in [2.24, 2.45) is 0 Å². The number of nitrogens with one attached hydrogen (secondary N) is 1. The number of ether oxygens (including phenoxy) is 1. The van der Waals surface area contributed by atoms with Crippen LogP contribution in [-0.4, -0.2) is 27.6 Å². The minimum atomic E-state index is -0.454. The fourth-order valence-corrected chi connectivity index (χ4v) is 2.20. The Bertz CT molecular complexity index is 922. The average molecular weight is 322 g/mol. The number of benzene rings is 1. The third-order valence-corrected chi connectivity index (χ3v) is 3.36. The second kappa shape index (κ2) is 6.74. The Hall–Kier alpha value is -3.48. The highest BCUT2D eigenvalue weighted by Crippen LogP contribution is 2.20. The summed E-state index contributed by atoms with van der Waals surface area (Å²) in [6, 6.07) is 10.2. The second-order valence-electron chi connectivity index (χ2n) is 4.81. The third-order valence-electron chi connectivity index (χ3n) is 3.36. The number of carbonyl (C=O) groups excluding carboxylic acids is 1. The van der Waals surface area contributed by atoms with Crippen LogP contribution in [0.1, 0.15) is 10.4 Å². The highest BCUT2D eigenvalue weighted by atomic mass is 16.5. The van der Waals surface area contributed by atoms with Gasteiger partial charge in [-0.05, 0) is 24.3 Å². The van der Waals surface area contributed by atoms with Crippen LogP contribution in [0.3, 0.4) is 0 Å². The van der Waals surface area contributed by atoms with E-state index in [1.54, 1.807) is 36.4 Å². The van der Waals surface area contributed by atoms with Crippen LogP contribution in [-0.2, 0) is 0 Å². The Kier molecular flexibility index (Phi) is 4.33. The van der Waals surface area contributed by atoms with Gasteiger partial charge in [-0.1, -0.05) is 12.1 Å². The van der Waals surface area contributed by atoms with Gasteiger partial charge in [0, 0.05) is 30.4 Å². The van der Waals surface area contributed by atoms with Gasteiger partial charge in [-0.25, -0.2) is 4.98 Å². The molecule has 3 aromatic rings.